The minimum absolute atomic E-state index is 0.176. The fourth-order valence-corrected chi connectivity index (χ4v) is 3.06. The van der Waals surface area contributed by atoms with Gasteiger partial charge in [0.15, 0.2) is 0 Å². The summed E-state index contributed by atoms with van der Waals surface area (Å²) in [6.07, 6.45) is 3.41. The van der Waals surface area contributed by atoms with E-state index < -0.39 is 0 Å². The number of alkyl halides is 1. The molecule has 0 bridgehead atoms. The van der Waals surface area contributed by atoms with Crippen LogP contribution < -0.4 is 10.9 Å². The summed E-state index contributed by atoms with van der Waals surface area (Å²) in [5.41, 5.74) is 3.36. The van der Waals surface area contributed by atoms with Gasteiger partial charge in [0.2, 0.25) is 5.91 Å². The first-order valence-corrected chi connectivity index (χ1v) is 8.99. The van der Waals surface area contributed by atoms with Gasteiger partial charge in [-0.3, -0.25) is 9.59 Å². The smallest absolute Gasteiger partial charge is 0.275 e. The molecule has 3 heterocycles. The normalized spacial score (nSPS) is 11.2. The minimum atomic E-state index is -0.272. The number of aromatic amines is 1. The molecule has 26 heavy (non-hydrogen) atoms. The predicted octanol–water partition coefficient (Wildman–Crippen LogP) is 2.81. The summed E-state index contributed by atoms with van der Waals surface area (Å²) < 4.78 is 1.83. The van der Waals surface area contributed by atoms with E-state index in [1.807, 2.05) is 42.1 Å². The maximum absolute atomic E-state index is 12.6. The molecule has 0 aliphatic carbocycles. The van der Waals surface area contributed by atoms with E-state index in [1.54, 1.807) is 12.3 Å². The zero-order chi connectivity index (χ0) is 18.3. The molecule has 2 N–H and O–H groups in total. The van der Waals surface area contributed by atoms with E-state index in [9.17, 15) is 9.59 Å². The van der Waals surface area contributed by atoms with Crippen molar-refractivity contribution in [1.82, 2.24) is 19.5 Å². The average Bonchev–Trinajstić information content (AvgIpc) is 2.97. The van der Waals surface area contributed by atoms with Crippen LogP contribution in [0, 0.1) is 0 Å². The zero-order valence-electron chi connectivity index (χ0n) is 13.8. The van der Waals surface area contributed by atoms with Crippen LogP contribution in [0.4, 0.5) is 5.69 Å². The monoisotopic (exact) mass is 411 g/mol. The number of para-hydroxylation sites is 2. The molecular weight excluding hydrogens is 398 g/mol. The van der Waals surface area contributed by atoms with Gasteiger partial charge in [0.25, 0.3) is 5.56 Å². The highest BCUT2D eigenvalue weighted by molar-refractivity contribution is 9.09. The molecular formula is C18H14BrN5O2. The third kappa shape index (κ3) is 2.78. The Bertz CT molecular complexity index is 1210. The number of anilines is 1. The highest BCUT2D eigenvalue weighted by Gasteiger charge is 2.16. The van der Waals surface area contributed by atoms with Gasteiger partial charge >= 0.3 is 0 Å². The molecule has 0 radical (unpaired) electrons. The molecule has 1 aromatic carbocycles. The number of amides is 1. The fraction of sp³-hybridized carbons (Fsp3) is 0.111. The standard InChI is InChI=1S/C18H14BrN5O2/c1-24-9-12(11-6-10(8-20-17(11)24)21-15(25)7-19)16-18(26)23-14-5-3-2-4-13(14)22-16/h2-6,8-9H,7H2,1H3,(H,21,25)(H,23,26). The molecule has 0 atom stereocenters. The van der Waals surface area contributed by atoms with Crippen LogP contribution in [0.25, 0.3) is 33.3 Å². The van der Waals surface area contributed by atoms with Crippen LogP contribution in [0.15, 0.2) is 47.5 Å². The Balaban J connectivity index is 1.93. The lowest BCUT2D eigenvalue weighted by molar-refractivity contribution is -0.113. The molecule has 0 spiro atoms. The quantitative estimate of drug-likeness (QED) is 0.506. The number of fused-ring (bicyclic) bond motifs is 2. The van der Waals surface area contributed by atoms with Gasteiger partial charge in [-0.25, -0.2) is 9.97 Å². The van der Waals surface area contributed by atoms with Crippen LogP contribution in [0.2, 0.25) is 0 Å². The summed E-state index contributed by atoms with van der Waals surface area (Å²) in [4.78, 5) is 36.0. The van der Waals surface area contributed by atoms with E-state index in [-0.39, 0.29) is 16.8 Å². The molecule has 0 unspecified atom stereocenters. The molecule has 7 nitrogen and oxygen atoms in total. The molecule has 8 heteroatoms. The molecule has 130 valence electrons. The molecule has 0 saturated carbocycles. The minimum Gasteiger partial charge on any atom is -0.335 e. The lowest BCUT2D eigenvalue weighted by Crippen LogP contribution is -2.12. The van der Waals surface area contributed by atoms with Gasteiger partial charge in [0.1, 0.15) is 11.3 Å². The van der Waals surface area contributed by atoms with E-state index in [0.717, 1.165) is 5.39 Å². The average molecular weight is 412 g/mol. The SMILES string of the molecule is Cn1cc(-c2nc3ccccc3[nH]c2=O)c2cc(NC(=O)CBr)cnc21. The lowest BCUT2D eigenvalue weighted by atomic mass is 10.1. The number of carbonyl (C=O) groups excluding carboxylic acids is 1. The largest absolute Gasteiger partial charge is 0.335 e. The molecule has 0 aliphatic heterocycles. The first kappa shape index (κ1) is 16.5. The molecule has 0 aliphatic rings. The van der Waals surface area contributed by atoms with Crippen molar-refractivity contribution in [2.45, 2.75) is 0 Å². The number of rotatable bonds is 3. The Kier molecular flexibility index (Phi) is 4.04. The summed E-state index contributed by atoms with van der Waals surface area (Å²) in [5, 5.41) is 3.69. The number of hydrogen-bond acceptors (Lipinski definition) is 4. The van der Waals surface area contributed by atoms with Crippen molar-refractivity contribution in [3.63, 3.8) is 0 Å². The number of halogens is 1. The van der Waals surface area contributed by atoms with Crippen LogP contribution in [-0.2, 0) is 11.8 Å². The van der Waals surface area contributed by atoms with Crippen LogP contribution in [0.1, 0.15) is 0 Å². The number of carbonyl (C=O) groups is 1. The Morgan fingerprint density at radius 2 is 2.15 bits per heavy atom. The highest BCUT2D eigenvalue weighted by atomic mass is 79.9. The second-order valence-electron chi connectivity index (χ2n) is 5.86. The number of nitrogens with zero attached hydrogens (tertiary/aromatic N) is 3. The predicted molar refractivity (Wildman–Crippen MR) is 104 cm³/mol. The van der Waals surface area contributed by atoms with Crippen LogP contribution >= 0.6 is 15.9 Å². The molecule has 3 aromatic heterocycles. The number of aryl methyl sites for hydroxylation is 1. The van der Waals surface area contributed by atoms with Gasteiger partial charge in [-0.2, -0.15) is 0 Å². The topological polar surface area (TPSA) is 92.7 Å². The van der Waals surface area contributed by atoms with Crippen molar-refractivity contribution in [2.24, 2.45) is 7.05 Å². The summed E-state index contributed by atoms with van der Waals surface area (Å²) in [7, 11) is 1.85. The molecule has 4 aromatic rings. The van der Waals surface area contributed by atoms with Gasteiger partial charge in [0, 0.05) is 24.2 Å². The maximum Gasteiger partial charge on any atom is 0.275 e. The number of H-pyrrole nitrogens is 1. The van der Waals surface area contributed by atoms with Crippen molar-refractivity contribution in [2.75, 3.05) is 10.6 Å². The fourth-order valence-electron chi connectivity index (χ4n) is 2.92. The Morgan fingerprint density at radius 3 is 2.96 bits per heavy atom. The molecule has 0 fully saturated rings. The van der Waals surface area contributed by atoms with Crippen molar-refractivity contribution < 1.29 is 4.79 Å². The summed E-state index contributed by atoms with van der Waals surface area (Å²) in [5.74, 6) is -0.176. The molecule has 0 saturated heterocycles. The Hall–Kier alpha value is -3.00. The second kappa shape index (κ2) is 6.38. The Morgan fingerprint density at radius 1 is 1.35 bits per heavy atom. The number of nitrogens with one attached hydrogen (secondary N) is 2. The first-order valence-electron chi connectivity index (χ1n) is 7.87. The van der Waals surface area contributed by atoms with Crippen LogP contribution in [0.3, 0.4) is 0 Å². The second-order valence-corrected chi connectivity index (χ2v) is 6.42. The first-order chi connectivity index (χ1) is 12.6. The zero-order valence-corrected chi connectivity index (χ0v) is 15.4. The molecule has 1 amide bonds. The van der Waals surface area contributed by atoms with Crippen LogP contribution in [-0.4, -0.2) is 30.8 Å². The third-order valence-corrected chi connectivity index (χ3v) is 4.58. The third-order valence-electron chi connectivity index (χ3n) is 4.07. The van der Waals surface area contributed by atoms with Crippen molar-refractivity contribution in [3.8, 4) is 11.3 Å². The van der Waals surface area contributed by atoms with Crippen molar-refractivity contribution in [3.05, 3.63) is 53.1 Å². The van der Waals surface area contributed by atoms with E-state index in [0.29, 0.717) is 33.6 Å². The summed E-state index contributed by atoms with van der Waals surface area (Å²) >= 11 is 3.12. The van der Waals surface area contributed by atoms with Gasteiger partial charge in [0.05, 0.1) is 28.2 Å². The van der Waals surface area contributed by atoms with Gasteiger partial charge < -0.3 is 14.9 Å². The van der Waals surface area contributed by atoms with Crippen LogP contribution in [0.5, 0.6) is 0 Å². The van der Waals surface area contributed by atoms with E-state index in [4.69, 9.17) is 0 Å². The van der Waals surface area contributed by atoms with E-state index >= 15 is 0 Å². The number of pyridine rings is 1. The lowest BCUT2D eigenvalue weighted by Gasteiger charge is -2.04. The van der Waals surface area contributed by atoms with Crippen molar-refractivity contribution >= 4 is 49.6 Å². The highest BCUT2D eigenvalue weighted by Crippen LogP contribution is 2.28. The summed E-state index contributed by atoms with van der Waals surface area (Å²) in [6, 6.07) is 9.18. The maximum atomic E-state index is 12.6. The van der Waals surface area contributed by atoms with Crippen molar-refractivity contribution in [1.29, 1.82) is 0 Å². The van der Waals surface area contributed by atoms with E-state index in [2.05, 4.69) is 36.2 Å². The number of aromatic nitrogens is 4. The molecule has 4 rings (SSSR count). The van der Waals surface area contributed by atoms with E-state index in [1.165, 1.54) is 0 Å². The summed E-state index contributed by atoms with van der Waals surface area (Å²) in [6.45, 7) is 0. The number of hydrogen-bond donors (Lipinski definition) is 2. The number of benzene rings is 1. The van der Waals surface area contributed by atoms with Gasteiger partial charge in [-0.1, -0.05) is 28.1 Å². The van der Waals surface area contributed by atoms with Gasteiger partial charge in [-0.15, -0.1) is 0 Å². The van der Waals surface area contributed by atoms with Gasteiger partial charge in [-0.05, 0) is 18.2 Å². The Labute approximate surface area is 156 Å².